The second-order valence-corrected chi connectivity index (χ2v) is 10.8. The Morgan fingerprint density at radius 3 is 2.59 bits per heavy atom. The van der Waals surface area contributed by atoms with Crippen molar-refractivity contribution in [2.45, 2.75) is 64.2 Å². The monoisotopic (exact) mass is 423 g/mol. The number of halogens is 1. The van der Waals surface area contributed by atoms with E-state index in [0.717, 1.165) is 12.8 Å². The predicted octanol–water partition coefficient (Wildman–Crippen LogP) is 3.39. The van der Waals surface area contributed by atoms with Crippen LogP contribution in [0.5, 0.6) is 0 Å². The average molecular weight is 424 g/mol. The molecule has 2 heterocycles. The van der Waals surface area contributed by atoms with Gasteiger partial charge in [0.15, 0.2) is 0 Å². The van der Waals surface area contributed by atoms with Crippen molar-refractivity contribution in [1.82, 2.24) is 14.3 Å². The molecule has 1 unspecified atom stereocenters. The fourth-order valence-electron chi connectivity index (χ4n) is 3.64. The van der Waals surface area contributed by atoms with Crippen LogP contribution in [-0.2, 0) is 23.1 Å². The van der Waals surface area contributed by atoms with Gasteiger partial charge in [0.25, 0.3) is 5.56 Å². The van der Waals surface area contributed by atoms with Crippen molar-refractivity contribution in [2.24, 2.45) is 7.05 Å². The second kappa shape index (κ2) is 8.34. The molecule has 0 bridgehead atoms. The van der Waals surface area contributed by atoms with Crippen molar-refractivity contribution in [2.75, 3.05) is 13.2 Å². The summed E-state index contributed by atoms with van der Waals surface area (Å²) >= 11 is -1.31. The summed E-state index contributed by atoms with van der Waals surface area (Å²) in [4.78, 5) is 17.9. The molecule has 29 heavy (non-hydrogen) atoms. The molecule has 8 heteroatoms. The van der Waals surface area contributed by atoms with Gasteiger partial charge in [0.2, 0.25) is 0 Å². The van der Waals surface area contributed by atoms with Gasteiger partial charge in [0.05, 0.1) is 11.6 Å². The fraction of sp³-hybridized carbons (Fsp3) is 0.619. The van der Waals surface area contributed by atoms with Crippen LogP contribution in [0.4, 0.5) is 4.39 Å². The Hall–Kier alpha value is -1.48. The maximum atomic E-state index is 15.0. The number of aryl methyl sites for hydroxylation is 1. The van der Waals surface area contributed by atoms with Crippen LogP contribution in [0.2, 0.25) is 0 Å². The topological polar surface area (TPSA) is 79.2 Å². The van der Waals surface area contributed by atoms with Crippen molar-refractivity contribution in [3.8, 4) is 0 Å². The Balaban J connectivity index is 2.18. The predicted molar refractivity (Wildman–Crippen MR) is 114 cm³/mol. The molecule has 2 atom stereocenters. The zero-order chi connectivity index (χ0) is 21.5. The number of nitrogens with zero attached hydrogens (tertiary/aromatic N) is 2. The molecule has 3 rings (SSSR count). The highest BCUT2D eigenvalue weighted by Crippen LogP contribution is 2.31. The zero-order valence-electron chi connectivity index (χ0n) is 18.0. The van der Waals surface area contributed by atoms with Crippen LogP contribution in [0.1, 0.15) is 69.4 Å². The fourth-order valence-corrected chi connectivity index (χ4v) is 4.44. The standard InChI is InChI=1S/C21H30FN3O3S/c1-12-11-15(13(2)24-29(27)21(3,4)5)18-16(17(12)22)20(26)25(6)19(23-18)14-7-9-28-10-8-14/h11,13-14,24H,7-10H2,1-6H3/t13-,29?/m1/s1. The molecule has 1 aromatic carbocycles. The number of benzene rings is 1. The van der Waals surface area contributed by atoms with Crippen LogP contribution < -0.4 is 10.3 Å². The minimum atomic E-state index is -1.31. The van der Waals surface area contributed by atoms with E-state index >= 15 is 0 Å². The lowest BCUT2D eigenvalue weighted by atomic mass is 9.97. The van der Waals surface area contributed by atoms with Crippen LogP contribution in [0.25, 0.3) is 10.9 Å². The van der Waals surface area contributed by atoms with E-state index in [0.29, 0.717) is 35.7 Å². The van der Waals surface area contributed by atoms with Gasteiger partial charge in [0.1, 0.15) is 21.8 Å². The van der Waals surface area contributed by atoms with Crippen LogP contribution in [0, 0.1) is 12.7 Å². The number of hydrogen-bond acceptors (Lipinski definition) is 5. The van der Waals surface area contributed by atoms with Gasteiger partial charge in [-0.05, 0) is 59.1 Å². The highest BCUT2D eigenvalue weighted by atomic mass is 32.2. The van der Waals surface area contributed by atoms with E-state index in [1.807, 2.05) is 27.7 Å². The first kappa shape index (κ1) is 22.2. The third-order valence-corrected chi connectivity index (χ3v) is 7.11. The number of ether oxygens (including phenoxy) is 1. The summed E-state index contributed by atoms with van der Waals surface area (Å²) in [5.41, 5.74) is 1.02. The summed E-state index contributed by atoms with van der Waals surface area (Å²) < 4.78 is 37.1. The third kappa shape index (κ3) is 4.35. The molecule has 1 aromatic heterocycles. The Morgan fingerprint density at radius 2 is 2.00 bits per heavy atom. The maximum absolute atomic E-state index is 15.0. The van der Waals surface area contributed by atoms with Crippen LogP contribution in [-0.4, -0.2) is 32.1 Å². The van der Waals surface area contributed by atoms with Gasteiger partial charge >= 0.3 is 0 Å². The second-order valence-electron chi connectivity index (χ2n) is 8.76. The number of nitrogens with one attached hydrogen (secondary N) is 1. The van der Waals surface area contributed by atoms with E-state index in [9.17, 15) is 13.7 Å². The van der Waals surface area contributed by atoms with Crippen molar-refractivity contribution >= 4 is 22.3 Å². The van der Waals surface area contributed by atoms with E-state index in [4.69, 9.17) is 9.72 Å². The molecule has 0 aliphatic carbocycles. The number of hydrogen-bond donors (Lipinski definition) is 1. The van der Waals surface area contributed by atoms with Gasteiger partial charge in [-0.1, -0.05) is 0 Å². The zero-order valence-corrected chi connectivity index (χ0v) is 18.8. The molecule has 1 N–H and O–H groups in total. The Labute approximate surface area is 174 Å². The van der Waals surface area contributed by atoms with Crippen molar-refractivity contribution < 1.29 is 13.7 Å². The molecule has 0 spiro atoms. The third-order valence-electron chi connectivity index (χ3n) is 5.43. The molecule has 1 aliphatic rings. The van der Waals surface area contributed by atoms with Crippen molar-refractivity contribution in [3.05, 3.63) is 39.2 Å². The highest BCUT2D eigenvalue weighted by Gasteiger charge is 2.30. The van der Waals surface area contributed by atoms with Gasteiger partial charge in [-0.25, -0.2) is 9.37 Å². The number of rotatable bonds is 4. The summed E-state index contributed by atoms with van der Waals surface area (Å²) in [6, 6.07) is 1.34. The van der Waals surface area contributed by atoms with Gasteiger partial charge in [-0.2, -0.15) is 0 Å². The highest BCUT2D eigenvalue weighted by molar-refractivity contribution is 7.90. The Morgan fingerprint density at radius 1 is 1.38 bits per heavy atom. The Bertz CT molecular complexity index is 965. The molecule has 1 aliphatic heterocycles. The number of fused-ring (bicyclic) bond motifs is 1. The van der Waals surface area contributed by atoms with Gasteiger partial charge in [-0.3, -0.25) is 9.36 Å². The molecule has 1 fully saturated rings. The van der Waals surface area contributed by atoms with Gasteiger partial charge in [0, 0.05) is 43.1 Å². The number of aromatic nitrogens is 2. The van der Waals surface area contributed by atoms with Crippen molar-refractivity contribution in [3.63, 3.8) is 0 Å². The molecule has 160 valence electrons. The molecule has 0 saturated carbocycles. The van der Waals surface area contributed by atoms with E-state index in [2.05, 4.69) is 4.72 Å². The summed E-state index contributed by atoms with van der Waals surface area (Å²) in [7, 11) is 1.65. The van der Waals surface area contributed by atoms with E-state index in [-0.39, 0.29) is 22.9 Å². The first-order valence-electron chi connectivity index (χ1n) is 9.97. The molecule has 0 radical (unpaired) electrons. The molecule has 1 saturated heterocycles. The minimum absolute atomic E-state index is 0.00602. The van der Waals surface area contributed by atoms with Crippen LogP contribution >= 0.6 is 0 Å². The Kier molecular flexibility index (Phi) is 6.38. The first-order valence-corrected chi connectivity index (χ1v) is 11.1. The smallest absolute Gasteiger partial charge is 0.264 e. The quantitative estimate of drug-likeness (QED) is 0.763. The van der Waals surface area contributed by atoms with Crippen LogP contribution in [0.15, 0.2) is 10.9 Å². The normalized spacial score (nSPS) is 18.2. The first-order chi connectivity index (χ1) is 13.5. The molecular weight excluding hydrogens is 393 g/mol. The summed E-state index contributed by atoms with van der Waals surface area (Å²) in [6.45, 7) is 10.4. The summed E-state index contributed by atoms with van der Waals surface area (Å²) in [6.07, 6.45) is 1.55. The molecule has 0 amide bonds. The van der Waals surface area contributed by atoms with Crippen LogP contribution in [0.3, 0.4) is 0 Å². The minimum Gasteiger partial charge on any atom is -0.598 e. The average Bonchev–Trinajstić information content (AvgIpc) is 2.66. The molecule has 2 aromatic rings. The maximum Gasteiger partial charge on any atom is 0.264 e. The van der Waals surface area contributed by atoms with E-state index in [1.165, 1.54) is 4.57 Å². The summed E-state index contributed by atoms with van der Waals surface area (Å²) in [5, 5.41) is -0.00602. The lowest BCUT2D eigenvalue weighted by molar-refractivity contribution is 0.0828. The largest absolute Gasteiger partial charge is 0.598 e. The van der Waals surface area contributed by atoms with E-state index < -0.39 is 21.9 Å². The summed E-state index contributed by atoms with van der Waals surface area (Å²) in [5.74, 6) is 0.203. The van der Waals surface area contributed by atoms with Gasteiger partial charge < -0.3 is 9.29 Å². The lowest BCUT2D eigenvalue weighted by Gasteiger charge is -2.27. The van der Waals surface area contributed by atoms with Crippen molar-refractivity contribution in [1.29, 1.82) is 0 Å². The SMILES string of the molecule is Cc1cc([C@@H](C)N[S+]([O-])C(C)(C)C)c2nc(C3CCOCC3)n(C)c(=O)c2c1F. The van der Waals surface area contributed by atoms with E-state index in [1.54, 1.807) is 20.0 Å². The molecule has 6 nitrogen and oxygen atoms in total. The lowest BCUT2D eigenvalue weighted by Crippen LogP contribution is -2.40. The molecular formula is C21H30FN3O3S. The van der Waals surface area contributed by atoms with Gasteiger partial charge in [-0.15, -0.1) is 4.72 Å².